The summed E-state index contributed by atoms with van der Waals surface area (Å²) >= 11 is 0. The molecule has 2 unspecified atom stereocenters. The SMILES string of the molecule is CCCC(O)(C(=O)O)C(C)c1ccc(OC)cc1. The number of carbonyl (C=O) groups is 1. The van der Waals surface area contributed by atoms with Crippen molar-refractivity contribution in [1.29, 1.82) is 0 Å². The van der Waals surface area contributed by atoms with Gasteiger partial charge in [0, 0.05) is 5.92 Å². The largest absolute Gasteiger partial charge is 0.497 e. The predicted octanol–water partition coefficient (Wildman–Crippen LogP) is 2.41. The quantitative estimate of drug-likeness (QED) is 0.816. The lowest BCUT2D eigenvalue weighted by Crippen LogP contribution is -2.43. The molecular formula is C14H20O4. The van der Waals surface area contributed by atoms with E-state index in [1.54, 1.807) is 38.3 Å². The summed E-state index contributed by atoms with van der Waals surface area (Å²) in [5.74, 6) is -0.936. The highest BCUT2D eigenvalue weighted by Crippen LogP contribution is 2.33. The molecule has 1 aromatic carbocycles. The lowest BCUT2D eigenvalue weighted by molar-refractivity contribution is -0.161. The van der Waals surface area contributed by atoms with Crippen molar-refractivity contribution in [3.63, 3.8) is 0 Å². The van der Waals surface area contributed by atoms with Crippen LogP contribution in [0.15, 0.2) is 24.3 Å². The van der Waals surface area contributed by atoms with Gasteiger partial charge in [-0.05, 0) is 24.1 Å². The highest BCUT2D eigenvalue weighted by atomic mass is 16.5. The molecule has 18 heavy (non-hydrogen) atoms. The molecule has 0 aliphatic carbocycles. The third kappa shape index (κ3) is 2.82. The molecule has 2 N–H and O–H groups in total. The molecule has 0 amide bonds. The summed E-state index contributed by atoms with van der Waals surface area (Å²) in [7, 11) is 1.57. The zero-order valence-electron chi connectivity index (χ0n) is 11.0. The van der Waals surface area contributed by atoms with Crippen LogP contribution in [-0.2, 0) is 4.79 Å². The average Bonchev–Trinajstić information content (AvgIpc) is 2.38. The zero-order valence-corrected chi connectivity index (χ0v) is 11.0. The molecule has 0 fully saturated rings. The van der Waals surface area contributed by atoms with E-state index in [0.717, 1.165) is 5.56 Å². The number of hydrogen-bond donors (Lipinski definition) is 2. The molecule has 0 bridgehead atoms. The Morgan fingerprint density at radius 1 is 1.39 bits per heavy atom. The number of methoxy groups -OCH3 is 1. The Hall–Kier alpha value is -1.55. The third-order valence-corrected chi connectivity index (χ3v) is 3.33. The number of carboxylic acid groups (broad SMARTS) is 1. The summed E-state index contributed by atoms with van der Waals surface area (Å²) in [6, 6.07) is 7.10. The first-order valence-electron chi connectivity index (χ1n) is 6.05. The van der Waals surface area contributed by atoms with Crippen molar-refractivity contribution < 1.29 is 19.7 Å². The van der Waals surface area contributed by atoms with Gasteiger partial charge in [-0.2, -0.15) is 0 Å². The number of carboxylic acids is 1. The lowest BCUT2D eigenvalue weighted by atomic mass is 9.80. The molecule has 1 aromatic rings. The molecular weight excluding hydrogens is 232 g/mol. The van der Waals surface area contributed by atoms with E-state index in [9.17, 15) is 15.0 Å². The summed E-state index contributed by atoms with van der Waals surface area (Å²) in [6.45, 7) is 3.58. The van der Waals surface area contributed by atoms with Crippen molar-refractivity contribution in [3.05, 3.63) is 29.8 Å². The van der Waals surface area contributed by atoms with Gasteiger partial charge in [0.25, 0.3) is 0 Å². The molecule has 0 aromatic heterocycles. The molecule has 4 heteroatoms. The summed E-state index contributed by atoms with van der Waals surface area (Å²) in [4.78, 5) is 11.3. The second kappa shape index (κ2) is 5.87. The minimum absolute atomic E-state index is 0.232. The van der Waals surface area contributed by atoms with Crippen LogP contribution in [0.5, 0.6) is 5.75 Å². The number of ether oxygens (including phenoxy) is 1. The van der Waals surface area contributed by atoms with E-state index in [2.05, 4.69) is 0 Å². The molecule has 1 rings (SSSR count). The van der Waals surface area contributed by atoms with Gasteiger partial charge in [0.1, 0.15) is 5.75 Å². The molecule has 0 radical (unpaired) electrons. The molecule has 0 spiro atoms. The second-order valence-corrected chi connectivity index (χ2v) is 4.47. The Morgan fingerprint density at radius 2 is 1.94 bits per heavy atom. The number of benzene rings is 1. The Kier molecular flexibility index (Phi) is 4.73. The number of aliphatic hydroxyl groups is 1. The number of rotatable bonds is 6. The standard InChI is InChI=1S/C14H20O4/c1-4-9-14(17,13(15)16)10(2)11-5-7-12(18-3)8-6-11/h5-8,10,17H,4,9H2,1-3H3,(H,15,16). The minimum Gasteiger partial charge on any atom is -0.497 e. The van der Waals surface area contributed by atoms with E-state index in [1.165, 1.54) is 0 Å². The fraction of sp³-hybridized carbons (Fsp3) is 0.500. The highest BCUT2D eigenvalue weighted by molar-refractivity contribution is 5.78. The van der Waals surface area contributed by atoms with E-state index < -0.39 is 17.5 Å². The van der Waals surface area contributed by atoms with Crippen LogP contribution in [0.25, 0.3) is 0 Å². The van der Waals surface area contributed by atoms with Gasteiger partial charge in [0.05, 0.1) is 7.11 Å². The van der Waals surface area contributed by atoms with Crippen molar-refractivity contribution in [3.8, 4) is 5.75 Å². The van der Waals surface area contributed by atoms with Crippen LogP contribution in [0, 0.1) is 0 Å². The molecule has 0 saturated heterocycles. The summed E-state index contributed by atoms with van der Waals surface area (Å²) < 4.78 is 5.05. The van der Waals surface area contributed by atoms with Crippen molar-refractivity contribution in [2.45, 2.75) is 38.2 Å². The van der Waals surface area contributed by atoms with E-state index in [1.807, 2.05) is 6.92 Å². The maximum Gasteiger partial charge on any atom is 0.336 e. The Balaban J connectivity index is 3.01. The molecule has 0 heterocycles. The predicted molar refractivity (Wildman–Crippen MR) is 68.9 cm³/mol. The number of aliphatic carboxylic acids is 1. The molecule has 100 valence electrons. The van der Waals surface area contributed by atoms with Crippen molar-refractivity contribution in [2.75, 3.05) is 7.11 Å². The van der Waals surface area contributed by atoms with Crippen LogP contribution in [0.3, 0.4) is 0 Å². The fourth-order valence-electron chi connectivity index (χ4n) is 2.06. The summed E-state index contributed by atoms with van der Waals surface area (Å²) in [5.41, 5.74) is -0.933. The normalized spacial score (nSPS) is 15.8. The first-order chi connectivity index (χ1) is 8.45. The molecule has 2 atom stereocenters. The first-order valence-corrected chi connectivity index (χ1v) is 6.05. The van der Waals surface area contributed by atoms with Crippen molar-refractivity contribution in [1.82, 2.24) is 0 Å². The van der Waals surface area contributed by atoms with Crippen LogP contribution in [0.1, 0.15) is 38.2 Å². The van der Waals surface area contributed by atoms with Crippen LogP contribution < -0.4 is 4.74 Å². The molecule has 0 saturated carbocycles. The van der Waals surface area contributed by atoms with Crippen LogP contribution in [-0.4, -0.2) is 28.9 Å². The summed E-state index contributed by atoms with van der Waals surface area (Å²) in [6.07, 6.45) is 0.846. The van der Waals surface area contributed by atoms with Crippen LogP contribution in [0.4, 0.5) is 0 Å². The van der Waals surface area contributed by atoms with Gasteiger partial charge >= 0.3 is 5.97 Å². The Bertz CT molecular complexity index is 399. The summed E-state index contributed by atoms with van der Waals surface area (Å²) in [5, 5.41) is 19.5. The average molecular weight is 252 g/mol. The van der Waals surface area contributed by atoms with Gasteiger partial charge in [-0.3, -0.25) is 0 Å². The minimum atomic E-state index is -1.72. The van der Waals surface area contributed by atoms with Gasteiger partial charge in [-0.25, -0.2) is 4.79 Å². The Labute approximate surface area is 107 Å². The van der Waals surface area contributed by atoms with Gasteiger partial charge < -0.3 is 14.9 Å². The van der Waals surface area contributed by atoms with Crippen LogP contribution >= 0.6 is 0 Å². The Morgan fingerprint density at radius 3 is 2.33 bits per heavy atom. The maximum atomic E-state index is 11.3. The van der Waals surface area contributed by atoms with E-state index >= 15 is 0 Å². The highest BCUT2D eigenvalue weighted by Gasteiger charge is 2.41. The van der Waals surface area contributed by atoms with Crippen LogP contribution in [0.2, 0.25) is 0 Å². The van der Waals surface area contributed by atoms with Crippen molar-refractivity contribution in [2.24, 2.45) is 0 Å². The van der Waals surface area contributed by atoms with E-state index in [0.29, 0.717) is 12.2 Å². The zero-order chi connectivity index (χ0) is 13.8. The van der Waals surface area contributed by atoms with E-state index in [-0.39, 0.29) is 6.42 Å². The molecule has 4 nitrogen and oxygen atoms in total. The second-order valence-electron chi connectivity index (χ2n) is 4.47. The fourth-order valence-corrected chi connectivity index (χ4v) is 2.06. The maximum absolute atomic E-state index is 11.3. The van der Waals surface area contributed by atoms with Gasteiger partial charge in [-0.1, -0.05) is 32.4 Å². The van der Waals surface area contributed by atoms with Gasteiger partial charge in [0.2, 0.25) is 0 Å². The van der Waals surface area contributed by atoms with E-state index in [4.69, 9.17) is 4.74 Å². The topological polar surface area (TPSA) is 66.8 Å². The smallest absolute Gasteiger partial charge is 0.336 e. The van der Waals surface area contributed by atoms with Crippen molar-refractivity contribution >= 4 is 5.97 Å². The third-order valence-electron chi connectivity index (χ3n) is 3.33. The first kappa shape index (κ1) is 14.5. The lowest BCUT2D eigenvalue weighted by Gasteiger charge is -2.30. The molecule has 0 aliphatic rings. The monoisotopic (exact) mass is 252 g/mol. The number of hydrogen-bond acceptors (Lipinski definition) is 3. The van der Waals surface area contributed by atoms with Gasteiger partial charge in [-0.15, -0.1) is 0 Å². The molecule has 0 aliphatic heterocycles. The van der Waals surface area contributed by atoms with Gasteiger partial charge in [0.15, 0.2) is 5.60 Å².